The first-order valence-electron chi connectivity index (χ1n) is 17.7. The monoisotopic (exact) mass is 697 g/mol. The molecule has 4 heteroatoms. The van der Waals surface area contributed by atoms with Gasteiger partial charge in [-0.15, -0.1) is 0 Å². The number of rotatable bonds is 11. The van der Waals surface area contributed by atoms with Crippen LogP contribution in [0, 0.1) is 11.3 Å². The summed E-state index contributed by atoms with van der Waals surface area (Å²) in [6, 6.07) is 77.1. The van der Waals surface area contributed by atoms with E-state index in [0.29, 0.717) is 5.56 Å². The van der Waals surface area contributed by atoms with Gasteiger partial charge in [0, 0.05) is 0 Å². The van der Waals surface area contributed by atoms with Crippen molar-refractivity contribution in [3.63, 3.8) is 0 Å². The molecule has 0 atom stereocenters. The van der Waals surface area contributed by atoms with Gasteiger partial charge in [-0.1, -0.05) is 0 Å². The van der Waals surface area contributed by atoms with E-state index in [2.05, 4.69) is 213 Å². The zero-order valence-corrected chi connectivity index (χ0v) is 31.0. The van der Waals surface area contributed by atoms with Gasteiger partial charge in [-0.2, -0.15) is 0 Å². The van der Waals surface area contributed by atoms with Crippen molar-refractivity contribution in [2.24, 2.45) is 0 Å². The first-order chi connectivity index (χ1) is 25.2. The van der Waals surface area contributed by atoms with Crippen LogP contribution in [0.3, 0.4) is 0 Å². The maximum absolute atomic E-state index is 10.2. The van der Waals surface area contributed by atoms with Crippen molar-refractivity contribution < 1.29 is 0 Å². The van der Waals surface area contributed by atoms with E-state index in [1.807, 2.05) is 12.1 Å². The second-order valence-electron chi connectivity index (χ2n) is 12.7. The fourth-order valence-corrected chi connectivity index (χ4v) is 29.8. The van der Waals surface area contributed by atoms with Crippen LogP contribution in [0.2, 0.25) is 0 Å². The molecule has 0 aliphatic rings. The van der Waals surface area contributed by atoms with Crippen LogP contribution in [0.5, 0.6) is 0 Å². The normalized spacial score (nSPS) is 12.3. The molecule has 0 saturated heterocycles. The number of benzene rings is 7. The van der Waals surface area contributed by atoms with Crippen molar-refractivity contribution in [3.05, 3.63) is 206 Å². The number of nitriles is 1. The molecule has 2 nitrogen and oxygen atoms in total. The third-order valence-corrected chi connectivity index (χ3v) is 28.4. The Hall–Kier alpha value is -5.31. The molecular formula is C47H43N2P2+. The Morgan fingerprint density at radius 1 is 0.451 bits per heavy atom. The Kier molecular flexibility index (Phi) is 9.71. The summed E-state index contributed by atoms with van der Waals surface area (Å²) < 4.78 is 0. The molecule has 51 heavy (non-hydrogen) atoms. The van der Waals surface area contributed by atoms with E-state index in [-0.39, 0.29) is 0 Å². The Balaban J connectivity index is 1.93. The SMILES string of the molecule is CCN(CC)c1cccc(P(c2ccccc2)(c2ccccc2)(c2ccc(C#N)cc2)[P+](c2ccccc2)(c2ccccc2)c2ccccc2)c1. The van der Waals surface area contributed by atoms with Gasteiger partial charge in [-0.05, 0) is 0 Å². The van der Waals surface area contributed by atoms with E-state index < -0.39 is 13.2 Å². The predicted molar refractivity (Wildman–Crippen MR) is 225 cm³/mol. The number of hydrogen-bond donors (Lipinski definition) is 0. The van der Waals surface area contributed by atoms with Crippen molar-refractivity contribution in [2.75, 3.05) is 18.0 Å². The second-order valence-corrected chi connectivity index (χ2v) is 24.0. The van der Waals surface area contributed by atoms with Crippen LogP contribution >= 0.6 is 13.2 Å². The van der Waals surface area contributed by atoms with Crippen molar-refractivity contribution in [1.29, 1.82) is 5.26 Å². The van der Waals surface area contributed by atoms with Crippen molar-refractivity contribution in [1.82, 2.24) is 0 Å². The zero-order valence-electron chi connectivity index (χ0n) is 29.3. The van der Waals surface area contributed by atoms with Crippen LogP contribution in [0.1, 0.15) is 19.4 Å². The van der Waals surface area contributed by atoms with Gasteiger partial charge < -0.3 is 0 Å². The molecule has 0 aromatic heterocycles. The van der Waals surface area contributed by atoms with Gasteiger partial charge in [0.25, 0.3) is 0 Å². The fourth-order valence-electron chi connectivity index (χ4n) is 8.47. The average Bonchev–Trinajstić information content (AvgIpc) is 3.22. The minimum absolute atomic E-state index is 0.649. The molecule has 0 fully saturated rings. The molecule has 0 unspecified atom stereocenters. The average molecular weight is 698 g/mol. The van der Waals surface area contributed by atoms with Gasteiger partial charge >= 0.3 is 305 Å². The molecule has 7 aromatic rings. The molecular weight excluding hydrogens is 654 g/mol. The summed E-state index contributed by atoms with van der Waals surface area (Å²) in [7, 11) is 0. The molecule has 250 valence electrons. The summed E-state index contributed by atoms with van der Waals surface area (Å²) in [5, 5.41) is 19.2. The van der Waals surface area contributed by atoms with Gasteiger partial charge in [0.05, 0.1) is 0 Å². The third kappa shape index (κ3) is 5.07. The molecule has 0 saturated carbocycles. The molecule has 0 radical (unpaired) electrons. The van der Waals surface area contributed by atoms with E-state index in [1.54, 1.807) is 0 Å². The first-order valence-corrected chi connectivity index (χ1v) is 22.4. The molecule has 0 aliphatic heterocycles. The Morgan fingerprint density at radius 3 is 1.22 bits per heavy atom. The van der Waals surface area contributed by atoms with E-state index in [9.17, 15) is 5.26 Å². The van der Waals surface area contributed by atoms with Crippen LogP contribution in [0.15, 0.2) is 200 Å². The maximum atomic E-state index is 10.2. The number of hydrogen-bond acceptors (Lipinski definition) is 2. The van der Waals surface area contributed by atoms with Crippen molar-refractivity contribution >= 4 is 56.1 Å². The summed E-state index contributed by atoms with van der Waals surface area (Å²) in [5.74, 6) is 0. The van der Waals surface area contributed by atoms with Crippen LogP contribution < -0.4 is 42.0 Å². The van der Waals surface area contributed by atoms with Crippen molar-refractivity contribution in [3.8, 4) is 6.07 Å². The summed E-state index contributed by atoms with van der Waals surface area (Å²) in [4.78, 5) is 2.46. The second kappa shape index (κ2) is 14.5. The molecule has 0 bridgehead atoms. The molecule has 0 heterocycles. The van der Waals surface area contributed by atoms with Gasteiger partial charge in [0.2, 0.25) is 0 Å². The molecule has 0 amide bonds. The summed E-state index contributed by atoms with van der Waals surface area (Å²) >= 11 is 0. The van der Waals surface area contributed by atoms with Gasteiger partial charge in [-0.3, -0.25) is 0 Å². The van der Waals surface area contributed by atoms with Crippen molar-refractivity contribution in [2.45, 2.75) is 13.8 Å². The Bertz CT molecular complexity index is 2090. The standard InChI is InChI=1S/C47H43N2P2/c1-3-49(4-2)40-21-20-32-47(37-40)51(44-28-16-8-17-29-44,45-30-18-9-19-31-45,46-35-33-39(38-48)34-36-46)50(41-22-10-5-11-23-41,42-24-12-6-13-25-42)43-26-14-7-15-27-43/h5-37H,3-4H2,1-2H3/q+1. The predicted octanol–water partition coefficient (Wildman–Crippen LogP) is 8.47. The molecule has 0 spiro atoms. The van der Waals surface area contributed by atoms with Crippen LogP contribution in [0.25, 0.3) is 0 Å². The van der Waals surface area contributed by atoms with Gasteiger partial charge in [-0.25, -0.2) is 0 Å². The van der Waals surface area contributed by atoms with Gasteiger partial charge in [0.1, 0.15) is 0 Å². The van der Waals surface area contributed by atoms with E-state index in [0.717, 1.165) is 13.1 Å². The summed E-state index contributed by atoms with van der Waals surface area (Å²) in [5.41, 5.74) is 1.86. The van der Waals surface area contributed by atoms with Crippen LogP contribution in [-0.4, -0.2) is 13.1 Å². The third-order valence-electron chi connectivity index (χ3n) is 10.5. The molecule has 0 N–H and O–H groups in total. The number of nitrogens with zero attached hydrogens (tertiary/aromatic N) is 2. The number of anilines is 1. The quantitative estimate of drug-likeness (QED) is 0.127. The topological polar surface area (TPSA) is 27.0 Å². The summed E-state index contributed by atoms with van der Waals surface area (Å²) in [6.45, 7) is 3.40. The Labute approximate surface area is 303 Å². The van der Waals surface area contributed by atoms with E-state index in [1.165, 1.54) is 42.8 Å². The minimum atomic E-state index is -4.09. The van der Waals surface area contributed by atoms with Crippen LogP contribution in [0.4, 0.5) is 5.69 Å². The molecule has 7 aromatic carbocycles. The van der Waals surface area contributed by atoms with Crippen LogP contribution in [-0.2, 0) is 0 Å². The zero-order chi connectivity index (χ0) is 35.2. The first kappa shape index (κ1) is 34.2. The molecule has 7 rings (SSSR count). The van der Waals surface area contributed by atoms with Gasteiger partial charge in [0.15, 0.2) is 0 Å². The van der Waals surface area contributed by atoms with E-state index >= 15 is 0 Å². The summed E-state index contributed by atoms with van der Waals surface area (Å²) in [6.07, 6.45) is -4.09. The molecule has 0 aliphatic carbocycles. The fraction of sp³-hybridized carbons (Fsp3) is 0.0851. The Morgan fingerprint density at radius 2 is 0.824 bits per heavy atom. The van der Waals surface area contributed by atoms with E-state index in [4.69, 9.17) is 0 Å².